The molecule has 24 heavy (non-hydrogen) atoms. The Balaban J connectivity index is 2.02. The summed E-state index contributed by atoms with van der Waals surface area (Å²) in [6, 6.07) is 23.8. The predicted molar refractivity (Wildman–Crippen MR) is 96.0 cm³/mol. The van der Waals surface area contributed by atoms with Crippen molar-refractivity contribution in [2.45, 2.75) is 0 Å². The molecule has 0 atom stereocenters. The number of anilines is 1. The topological polar surface area (TPSA) is 69.4 Å². The maximum atomic E-state index is 13.6. The normalized spacial score (nSPS) is 11.0. The lowest BCUT2D eigenvalue weighted by atomic mass is 10.2. The number of hydrogen-bond donors (Lipinski definition) is 1. The molecule has 0 amide bonds. The average molecular weight is 337 g/mol. The fraction of sp³-hybridized carbons (Fsp3) is 0. The van der Waals surface area contributed by atoms with E-state index >= 15 is 0 Å². The van der Waals surface area contributed by atoms with Gasteiger partial charge in [0.05, 0.1) is 16.2 Å². The summed E-state index contributed by atoms with van der Waals surface area (Å²) in [5.74, 6) is -0.647. The zero-order valence-electron chi connectivity index (χ0n) is 12.8. The molecule has 120 valence electrons. The second kappa shape index (κ2) is 6.73. The SMILES string of the molecule is Nc1ccc(C(=O)OP(=O)(c2ccccc2)c2ccccc2)cc1. The molecule has 0 saturated heterocycles. The van der Waals surface area contributed by atoms with Crippen LogP contribution in [0.2, 0.25) is 0 Å². The van der Waals surface area contributed by atoms with Crippen LogP contribution in [0.4, 0.5) is 5.69 Å². The zero-order chi connectivity index (χ0) is 17.0. The third-order valence-corrected chi connectivity index (χ3v) is 5.93. The van der Waals surface area contributed by atoms with Crippen LogP contribution in [0.25, 0.3) is 0 Å². The van der Waals surface area contributed by atoms with Crippen LogP contribution in [0, 0.1) is 0 Å². The van der Waals surface area contributed by atoms with Crippen LogP contribution in [0.3, 0.4) is 0 Å². The van der Waals surface area contributed by atoms with Crippen LogP contribution >= 0.6 is 7.37 Å². The largest absolute Gasteiger partial charge is 0.401 e. The molecular formula is C19H16NO3P. The van der Waals surface area contributed by atoms with Gasteiger partial charge in [-0.2, -0.15) is 0 Å². The summed E-state index contributed by atoms with van der Waals surface area (Å²) in [5.41, 5.74) is 6.47. The lowest BCUT2D eigenvalue weighted by Crippen LogP contribution is -2.20. The van der Waals surface area contributed by atoms with E-state index in [1.807, 2.05) is 12.1 Å². The molecule has 3 aromatic carbocycles. The van der Waals surface area contributed by atoms with Gasteiger partial charge in [0.25, 0.3) is 0 Å². The van der Waals surface area contributed by atoms with Crippen LogP contribution < -0.4 is 16.3 Å². The van der Waals surface area contributed by atoms with Gasteiger partial charge in [-0.3, -0.25) is 4.57 Å². The molecule has 3 aromatic rings. The molecular weight excluding hydrogens is 321 g/mol. The molecule has 0 aliphatic heterocycles. The second-order valence-corrected chi connectivity index (χ2v) is 7.54. The standard InChI is InChI=1S/C19H16NO3P/c20-16-13-11-15(12-14-16)19(21)23-24(22,17-7-3-1-4-8-17)18-9-5-2-6-10-18/h1-14H,20H2. The van der Waals surface area contributed by atoms with E-state index in [0.717, 1.165) is 0 Å². The monoisotopic (exact) mass is 337 g/mol. The molecule has 3 rings (SSSR count). The van der Waals surface area contributed by atoms with E-state index in [1.165, 1.54) is 0 Å². The summed E-state index contributed by atoms with van der Waals surface area (Å²) in [4.78, 5) is 12.5. The highest BCUT2D eigenvalue weighted by Gasteiger charge is 2.32. The Hall–Kier alpha value is -2.84. The fourth-order valence-electron chi connectivity index (χ4n) is 2.29. The molecule has 0 bridgehead atoms. The number of hydrogen-bond acceptors (Lipinski definition) is 4. The summed E-state index contributed by atoms with van der Waals surface area (Å²) in [6.07, 6.45) is 0. The van der Waals surface area contributed by atoms with Crippen LogP contribution in [-0.4, -0.2) is 5.97 Å². The van der Waals surface area contributed by atoms with Crippen molar-refractivity contribution in [1.29, 1.82) is 0 Å². The van der Waals surface area contributed by atoms with Gasteiger partial charge in [-0.05, 0) is 48.5 Å². The van der Waals surface area contributed by atoms with Gasteiger partial charge in [-0.25, -0.2) is 4.79 Å². The van der Waals surface area contributed by atoms with Gasteiger partial charge in [-0.15, -0.1) is 0 Å². The van der Waals surface area contributed by atoms with E-state index in [-0.39, 0.29) is 0 Å². The molecule has 0 radical (unpaired) electrons. The van der Waals surface area contributed by atoms with Crippen molar-refractivity contribution in [3.63, 3.8) is 0 Å². The first-order chi connectivity index (χ1) is 11.6. The van der Waals surface area contributed by atoms with E-state index in [9.17, 15) is 9.36 Å². The highest BCUT2D eigenvalue weighted by atomic mass is 31.2. The quantitative estimate of drug-likeness (QED) is 0.585. The van der Waals surface area contributed by atoms with Crippen molar-refractivity contribution in [2.24, 2.45) is 0 Å². The molecule has 2 N–H and O–H groups in total. The maximum Gasteiger partial charge on any atom is 0.343 e. The summed E-state index contributed by atoms with van der Waals surface area (Å²) in [7, 11) is -3.54. The van der Waals surface area contributed by atoms with Crippen molar-refractivity contribution < 1.29 is 13.9 Å². The first-order valence-electron chi connectivity index (χ1n) is 7.40. The van der Waals surface area contributed by atoms with Crippen LogP contribution in [0.15, 0.2) is 84.9 Å². The first kappa shape index (κ1) is 16.0. The Morgan fingerprint density at radius 1 is 0.750 bits per heavy atom. The van der Waals surface area contributed by atoms with Gasteiger partial charge in [-0.1, -0.05) is 36.4 Å². The van der Waals surface area contributed by atoms with Gasteiger partial charge in [0, 0.05) is 5.69 Å². The van der Waals surface area contributed by atoms with Gasteiger partial charge >= 0.3 is 13.3 Å². The van der Waals surface area contributed by atoms with Crippen molar-refractivity contribution in [3.05, 3.63) is 90.5 Å². The molecule has 0 spiro atoms. The lowest BCUT2D eigenvalue weighted by molar-refractivity contribution is 0.0747. The molecule has 0 heterocycles. The molecule has 4 nitrogen and oxygen atoms in total. The van der Waals surface area contributed by atoms with E-state index in [0.29, 0.717) is 21.9 Å². The predicted octanol–water partition coefficient (Wildman–Crippen LogP) is 3.35. The molecule has 0 aliphatic carbocycles. The van der Waals surface area contributed by atoms with E-state index in [2.05, 4.69) is 0 Å². The van der Waals surface area contributed by atoms with E-state index in [4.69, 9.17) is 10.3 Å². The molecule has 0 aliphatic rings. The Morgan fingerprint density at radius 3 is 1.67 bits per heavy atom. The van der Waals surface area contributed by atoms with Crippen molar-refractivity contribution in [3.8, 4) is 0 Å². The minimum atomic E-state index is -3.54. The summed E-state index contributed by atoms with van der Waals surface area (Å²) >= 11 is 0. The Bertz CT molecular complexity index is 834. The van der Waals surface area contributed by atoms with Gasteiger partial charge in [0.15, 0.2) is 0 Å². The Morgan fingerprint density at radius 2 is 1.21 bits per heavy atom. The highest BCUT2D eigenvalue weighted by Crippen LogP contribution is 2.45. The average Bonchev–Trinajstić information content (AvgIpc) is 2.63. The Labute approximate surface area is 140 Å². The maximum absolute atomic E-state index is 13.6. The number of carbonyl (C=O) groups excluding carboxylic acids is 1. The molecule has 0 unspecified atom stereocenters. The lowest BCUT2D eigenvalue weighted by Gasteiger charge is -2.19. The molecule has 0 saturated carbocycles. The molecule has 0 fully saturated rings. The van der Waals surface area contributed by atoms with E-state index < -0.39 is 13.3 Å². The fourth-order valence-corrected chi connectivity index (χ4v) is 4.27. The highest BCUT2D eigenvalue weighted by molar-refractivity contribution is 7.74. The van der Waals surface area contributed by atoms with Crippen LogP contribution in [0.1, 0.15) is 10.4 Å². The van der Waals surface area contributed by atoms with E-state index in [1.54, 1.807) is 72.8 Å². The van der Waals surface area contributed by atoms with Gasteiger partial charge in [0.2, 0.25) is 0 Å². The van der Waals surface area contributed by atoms with Crippen molar-refractivity contribution in [2.75, 3.05) is 5.73 Å². The molecule has 5 heteroatoms. The number of carbonyl (C=O) groups is 1. The Kier molecular flexibility index (Phi) is 4.50. The number of benzene rings is 3. The minimum absolute atomic E-state index is 0.302. The number of rotatable bonds is 4. The summed E-state index contributed by atoms with van der Waals surface area (Å²) in [6.45, 7) is 0. The molecule has 0 aromatic heterocycles. The number of nitrogens with two attached hydrogens (primary N) is 1. The van der Waals surface area contributed by atoms with Gasteiger partial charge in [0.1, 0.15) is 0 Å². The summed E-state index contributed by atoms with van der Waals surface area (Å²) in [5, 5.41) is 0.944. The third kappa shape index (κ3) is 3.24. The minimum Gasteiger partial charge on any atom is -0.401 e. The van der Waals surface area contributed by atoms with Crippen molar-refractivity contribution >= 4 is 29.6 Å². The van der Waals surface area contributed by atoms with Crippen LogP contribution in [-0.2, 0) is 9.09 Å². The third-order valence-electron chi connectivity index (χ3n) is 3.55. The smallest absolute Gasteiger partial charge is 0.343 e. The first-order valence-corrected chi connectivity index (χ1v) is 9.03. The zero-order valence-corrected chi connectivity index (χ0v) is 13.7. The van der Waals surface area contributed by atoms with Crippen LogP contribution in [0.5, 0.6) is 0 Å². The second-order valence-electron chi connectivity index (χ2n) is 5.22. The van der Waals surface area contributed by atoms with Crippen molar-refractivity contribution in [1.82, 2.24) is 0 Å². The summed E-state index contributed by atoms with van der Waals surface area (Å²) < 4.78 is 19.1. The number of nitrogen functional groups attached to an aromatic ring is 1. The van der Waals surface area contributed by atoms with Gasteiger partial charge < -0.3 is 10.3 Å².